The first-order chi connectivity index (χ1) is 15.9. The van der Waals surface area contributed by atoms with Crippen molar-refractivity contribution in [2.75, 3.05) is 0 Å². The molecule has 0 nitrogen and oxygen atoms in total. The molecule has 2 aliphatic carbocycles. The lowest BCUT2D eigenvalue weighted by Gasteiger charge is -2.33. The molecule has 0 aromatic heterocycles. The maximum atomic E-state index is 3.87. The second-order valence-corrected chi connectivity index (χ2v) is 11.9. The van der Waals surface area contributed by atoms with Crippen LogP contribution in [0.1, 0.15) is 163 Å². The molecule has 0 atom stereocenters. The standard InChI is InChI=1S/C33H47/c1-22(2)27-20-30(23(3)4)33(31(21-27)24(5)6)29-19-13-18-28(25-14-9-7-10-15-25)32(29)26-16-11-8-12-17-26/h13,18,20-26H,7-12,14-17H2,1-6H3. The molecule has 0 amide bonds. The van der Waals surface area contributed by atoms with E-state index in [1.165, 1.54) is 80.9 Å². The van der Waals surface area contributed by atoms with E-state index in [9.17, 15) is 0 Å². The van der Waals surface area contributed by atoms with Crippen molar-refractivity contribution >= 4 is 0 Å². The third-order valence-corrected chi connectivity index (χ3v) is 8.51. The van der Waals surface area contributed by atoms with Crippen molar-refractivity contribution < 1.29 is 0 Å². The largest absolute Gasteiger partial charge is 0.0587 e. The topological polar surface area (TPSA) is 0 Å². The molecule has 0 unspecified atom stereocenters. The molecule has 0 spiro atoms. The molecule has 0 bridgehead atoms. The van der Waals surface area contributed by atoms with E-state index in [4.69, 9.17) is 0 Å². The Kier molecular flexibility index (Phi) is 8.03. The normalized spacial score (nSPS) is 18.6. The van der Waals surface area contributed by atoms with Crippen LogP contribution in [0.25, 0.3) is 11.1 Å². The van der Waals surface area contributed by atoms with Gasteiger partial charge in [-0.1, -0.05) is 104 Å². The zero-order valence-electron chi connectivity index (χ0n) is 22.3. The summed E-state index contributed by atoms with van der Waals surface area (Å²) in [5, 5.41) is 0. The van der Waals surface area contributed by atoms with Crippen LogP contribution in [0, 0.1) is 6.07 Å². The highest BCUT2D eigenvalue weighted by atomic mass is 14.3. The summed E-state index contributed by atoms with van der Waals surface area (Å²) in [6.07, 6.45) is 13.9. The lowest BCUT2D eigenvalue weighted by atomic mass is 9.71. The molecule has 4 rings (SSSR count). The lowest BCUT2D eigenvalue weighted by molar-refractivity contribution is 0.419. The Labute approximate surface area is 204 Å². The Hall–Kier alpha value is -1.56. The molecule has 2 saturated carbocycles. The highest BCUT2D eigenvalue weighted by molar-refractivity contribution is 5.77. The van der Waals surface area contributed by atoms with Crippen LogP contribution in [0.5, 0.6) is 0 Å². The van der Waals surface area contributed by atoms with Gasteiger partial charge in [-0.25, -0.2) is 0 Å². The fraction of sp³-hybridized carbons (Fsp3) is 0.636. The maximum Gasteiger partial charge on any atom is -0.00617 e. The van der Waals surface area contributed by atoms with Crippen molar-refractivity contribution in [3.63, 3.8) is 0 Å². The minimum atomic E-state index is 0.516. The first-order valence-corrected chi connectivity index (χ1v) is 14.1. The Morgan fingerprint density at radius 1 is 0.667 bits per heavy atom. The van der Waals surface area contributed by atoms with Gasteiger partial charge in [0.1, 0.15) is 0 Å². The molecule has 33 heavy (non-hydrogen) atoms. The molecular formula is C33H47. The summed E-state index contributed by atoms with van der Waals surface area (Å²) in [4.78, 5) is 0. The van der Waals surface area contributed by atoms with Crippen LogP contribution in [0.15, 0.2) is 24.3 Å². The molecule has 2 aromatic rings. The molecule has 0 aliphatic heterocycles. The molecule has 179 valence electrons. The van der Waals surface area contributed by atoms with Crippen LogP contribution in [-0.2, 0) is 0 Å². The molecular weight excluding hydrogens is 396 g/mol. The number of hydrogen-bond acceptors (Lipinski definition) is 0. The van der Waals surface area contributed by atoms with Crippen LogP contribution < -0.4 is 0 Å². The number of rotatable bonds is 6. The molecule has 2 aliphatic rings. The summed E-state index contributed by atoms with van der Waals surface area (Å²) in [6, 6.07) is 13.7. The van der Waals surface area contributed by atoms with Gasteiger partial charge in [0, 0.05) is 0 Å². The van der Waals surface area contributed by atoms with Crippen LogP contribution in [0.4, 0.5) is 0 Å². The van der Waals surface area contributed by atoms with Gasteiger partial charge in [-0.3, -0.25) is 0 Å². The zero-order chi connectivity index (χ0) is 23.5. The number of benzene rings is 2. The second-order valence-electron chi connectivity index (χ2n) is 11.9. The summed E-state index contributed by atoms with van der Waals surface area (Å²) in [6.45, 7) is 14.2. The van der Waals surface area contributed by atoms with Crippen molar-refractivity contribution in [2.45, 2.75) is 135 Å². The highest BCUT2D eigenvalue weighted by Gasteiger charge is 2.29. The first-order valence-electron chi connectivity index (χ1n) is 14.1. The Balaban J connectivity index is 1.98. The molecule has 2 fully saturated rings. The molecule has 1 radical (unpaired) electrons. The van der Waals surface area contributed by atoms with Gasteiger partial charge in [-0.05, 0) is 100 Å². The van der Waals surface area contributed by atoms with E-state index in [0.29, 0.717) is 23.7 Å². The SMILES string of the molecule is CC(C)c1cc(C(C)C)c(-c2[c]ccc(C3CCCCC3)c2C2CCCCC2)c(C(C)C)c1. The van der Waals surface area contributed by atoms with Gasteiger partial charge in [-0.15, -0.1) is 0 Å². The van der Waals surface area contributed by atoms with Crippen molar-refractivity contribution in [2.24, 2.45) is 0 Å². The third kappa shape index (κ3) is 5.26. The second kappa shape index (κ2) is 10.8. The van der Waals surface area contributed by atoms with E-state index in [-0.39, 0.29) is 0 Å². The Bertz CT molecular complexity index is 888. The smallest absolute Gasteiger partial charge is 0.00617 e. The summed E-state index contributed by atoms with van der Waals surface area (Å²) in [5.74, 6) is 3.06. The van der Waals surface area contributed by atoms with Gasteiger partial charge in [0.25, 0.3) is 0 Å². The van der Waals surface area contributed by atoms with Crippen molar-refractivity contribution in [3.8, 4) is 11.1 Å². The average Bonchev–Trinajstić information content (AvgIpc) is 2.83. The van der Waals surface area contributed by atoms with E-state index in [1.54, 1.807) is 22.3 Å². The summed E-state index contributed by atoms with van der Waals surface area (Å²) < 4.78 is 0. The van der Waals surface area contributed by atoms with E-state index < -0.39 is 0 Å². The molecule has 0 N–H and O–H groups in total. The quantitative estimate of drug-likeness (QED) is 0.416. The zero-order valence-corrected chi connectivity index (χ0v) is 22.3. The van der Waals surface area contributed by atoms with Crippen LogP contribution in [0.3, 0.4) is 0 Å². The third-order valence-electron chi connectivity index (χ3n) is 8.51. The van der Waals surface area contributed by atoms with E-state index in [2.05, 4.69) is 71.9 Å². The summed E-state index contributed by atoms with van der Waals surface area (Å²) >= 11 is 0. The van der Waals surface area contributed by atoms with Crippen LogP contribution in [-0.4, -0.2) is 0 Å². The minimum absolute atomic E-state index is 0.516. The Morgan fingerprint density at radius 2 is 1.18 bits per heavy atom. The molecule has 0 heterocycles. The van der Waals surface area contributed by atoms with Gasteiger partial charge in [0.05, 0.1) is 0 Å². The number of hydrogen-bond donors (Lipinski definition) is 0. The Morgan fingerprint density at radius 3 is 1.67 bits per heavy atom. The van der Waals surface area contributed by atoms with E-state index in [0.717, 1.165) is 5.92 Å². The van der Waals surface area contributed by atoms with Crippen LogP contribution in [0.2, 0.25) is 0 Å². The molecule has 0 heteroatoms. The first kappa shape index (κ1) is 24.6. The fourth-order valence-corrected chi connectivity index (χ4v) is 6.58. The fourth-order valence-electron chi connectivity index (χ4n) is 6.58. The van der Waals surface area contributed by atoms with Crippen molar-refractivity contribution in [1.82, 2.24) is 0 Å². The molecule has 0 saturated heterocycles. The van der Waals surface area contributed by atoms with Gasteiger partial charge < -0.3 is 0 Å². The van der Waals surface area contributed by atoms with Gasteiger partial charge in [0.2, 0.25) is 0 Å². The molecule has 2 aromatic carbocycles. The monoisotopic (exact) mass is 443 g/mol. The summed E-state index contributed by atoms with van der Waals surface area (Å²) in [7, 11) is 0. The van der Waals surface area contributed by atoms with Crippen LogP contribution >= 0.6 is 0 Å². The van der Waals surface area contributed by atoms with Crippen molar-refractivity contribution in [1.29, 1.82) is 0 Å². The lowest BCUT2D eigenvalue weighted by Crippen LogP contribution is -2.15. The highest BCUT2D eigenvalue weighted by Crippen LogP contribution is 2.48. The minimum Gasteiger partial charge on any atom is -0.0587 e. The van der Waals surface area contributed by atoms with Gasteiger partial charge in [-0.2, -0.15) is 0 Å². The average molecular weight is 444 g/mol. The van der Waals surface area contributed by atoms with Crippen molar-refractivity contribution in [3.05, 3.63) is 58.1 Å². The van der Waals surface area contributed by atoms with E-state index >= 15 is 0 Å². The maximum absolute atomic E-state index is 3.87. The predicted molar refractivity (Wildman–Crippen MR) is 145 cm³/mol. The van der Waals surface area contributed by atoms with E-state index in [1.807, 2.05) is 0 Å². The summed E-state index contributed by atoms with van der Waals surface area (Å²) in [5.41, 5.74) is 11.0. The predicted octanol–water partition coefficient (Wildman–Crippen LogP) is 10.6. The van der Waals surface area contributed by atoms with Gasteiger partial charge >= 0.3 is 0 Å². The van der Waals surface area contributed by atoms with Gasteiger partial charge in [0.15, 0.2) is 0 Å².